The number of aliphatic carboxylic acids is 1. The minimum Gasteiger partial charge on any atom is -0.497 e. The summed E-state index contributed by atoms with van der Waals surface area (Å²) in [6, 6.07) is 7.66. The summed E-state index contributed by atoms with van der Waals surface area (Å²) in [5.41, 5.74) is 1.22. The maximum Gasteiger partial charge on any atom is 0.320 e. The van der Waals surface area contributed by atoms with Crippen LogP contribution in [0.1, 0.15) is 25.3 Å². The van der Waals surface area contributed by atoms with Crippen molar-refractivity contribution in [2.45, 2.75) is 32.2 Å². The van der Waals surface area contributed by atoms with Gasteiger partial charge in [-0.05, 0) is 49.4 Å². The van der Waals surface area contributed by atoms with Crippen molar-refractivity contribution >= 4 is 5.97 Å². The number of hydrogen-bond acceptors (Lipinski definition) is 3. The summed E-state index contributed by atoms with van der Waals surface area (Å²) in [6.07, 6.45) is 2.73. The van der Waals surface area contributed by atoms with Gasteiger partial charge in [0, 0.05) is 6.54 Å². The van der Waals surface area contributed by atoms with Crippen LogP contribution in [0.4, 0.5) is 0 Å². The van der Waals surface area contributed by atoms with Crippen molar-refractivity contribution in [3.8, 4) is 5.75 Å². The van der Waals surface area contributed by atoms with E-state index in [2.05, 4.69) is 11.8 Å². The monoisotopic (exact) mass is 277 g/mol. The average molecular weight is 277 g/mol. The van der Waals surface area contributed by atoms with E-state index in [-0.39, 0.29) is 6.04 Å². The Bertz CT molecular complexity index is 444. The first-order valence-electron chi connectivity index (χ1n) is 7.20. The van der Waals surface area contributed by atoms with Gasteiger partial charge in [0.2, 0.25) is 0 Å². The van der Waals surface area contributed by atoms with Gasteiger partial charge in [-0.1, -0.05) is 19.1 Å². The maximum atomic E-state index is 11.3. The molecule has 0 saturated carbocycles. The maximum absolute atomic E-state index is 11.3. The zero-order valence-corrected chi connectivity index (χ0v) is 12.2. The molecule has 2 rings (SSSR count). The van der Waals surface area contributed by atoms with Crippen LogP contribution in [0, 0.1) is 5.92 Å². The third-order valence-electron chi connectivity index (χ3n) is 4.11. The molecule has 1 heterocycles. The van der Waals surface area contributed by atoms with Crippen LogP contribution in [0.15, 0.2) is 24.3 Å². The van der Waals surface area contributed by atoms with Crippen LogP contribution < -0.4 is 4.74 Å². The minimum atomic E-state index is -0.689. The molecular weight excluding hydrogens is 254 g/mol. The standard InChI is InChI=1S/C16H23NO3/c1-12-7-9-17(15(11-12)16(18)19)10-8-13-3-5-14(20-2)6-4-13/h3-6,12,15H,7-11H2,1-2H3,(H,18,19). The molecule has 4 nitrogen and oxygen atoms in total. The van der Waals surface area contributed by atoms with Crippen molar-refractivity contribution in [1.29, 1.82) is 0 Å². The van der Waals surface area contributed by atoms with Crippen molar-refractivity contribution in [3.63, 3.8) is 0 Å². The van der Waals surface area contributed by atoms with Gasteiger partial charge in [0.05, 0.1) is 7.11 Å². The Kier molecular flexibility index (Phi) is 5.01. The summed E-state index contributed by atoms with van der Waals surface area (Å²) >= 11 is 0. The number of benzene rings is 1. The summed E-state index contributed by atoms with van der Waals surface area (Å²) in [4.78, 5) is 13.5. The Morgan fingerprint density at radius 1 is 1.40 bits per heavy atom. The van der Waals surface area contributed by atoms with Gasteiger partial charge in [-0.2, -0.15) is 0 Å². The lowest BCUT2D eigenvalue weighted by molar-refractivity contribution is -0.145. The van der Waals surface area contributed by atoms with E-state index in [4.69, 9.17) is 4.74 Å². The van der Waals surface area contributed by atoms with Gasteiger partial charge in [-0.25, -0.2) is 0 Å². The molecule has 1 N–H and O–H groups in total. The molecule has 1 aromatic carbocycles. The fourth-order valence-corrected chi connectivity index (χ4v) is 2.78. The summed E-state index contributed by atoms with van der Waals surface area (Å²) in [5.74, 6) is 0.670. The highest BCUT2D eigenvalue weighted by Gasteiger charge is 2.31. The molecule has 1 saturated heterocycles. The molecular formula is C16H23NO3. The van der Waals surface area contributed by atoms with Crippen molar-refractivity contribution < 1.29 is 14.6 Å². The summed E-state index contributed by atoms with van der Waals surface area (Å²) in [5, 5.41) is 9.33. The van der Waals surface area contributed by atoms with E-state index in [1.54, 1.807) is 7.11 Å². The Labute approximate surface area is 120 Å². The molecule has 2 unspecified atom stereocenters. The molecule has 0 amide bonds. The minimum absolute atomic E-state index is 0.322. The highest BCUT2D eigenvalue weighted by Crippen LogP contribution is 2.23. The average Bonchev–Trinajstić information content (AvgIpc) is 2.46. The molecule has 1 aliphatic heterocycles. The lowest BCUT2D eigenvalue weighted by Gasteiger charge is -2.35. The summed E-state index contributed by atoms with van der Waals surface area (Å²) in [7, 11) is 1.65. The molecule has 0 radical (unpaired) electrons. The van der Waals surface area contributed by atoms with Gasteiger partial charge >= 0.3 is 5.97 Å². The van der Waals surface area contributed by atoms with E-state index >= 15 is 0 Å². The summed E-state index contributed by atoms with van der Waals surface area (Å²) < 4.78 is 5.14. The molecule has 0 aliphatic carbocycles. The van der Waals surface area contributed by atoms with E-state index in [0.29, 0.717) is 5.92 Å². The van der Waals surface area contributed by atoms with Crippen molar-refractivity contribution in [1.82, 2.24) is 4.90 Å². The van der Waals surface area contributed by atoms with E-state index in [0.717, 1.165) is 38.1 Å². The predicted molar refractivity (Wildman–Crippen MR) is 78.1 cm³/mol. The smallest absolute Gasteiger partial charge is 0.320 e. The zero-order chi connectivity index (χ0) is 14.5. The third-order valence-corrected chi connectivity index (χ3v) is 4.11. The van der Waals surface area contributed by atoms with Gasteiger partial charge in [0.25, 0.3) is 0 Å². The number of piperidine rings is 1. The van der Waals surface area contributed by atoms with E-state index in [9.17, 15) is 9.90 Å². The Morgan fingerprint density at radius 2 is 2.10 bits per heavy atom. The highest BCUT2D eigenvalue weighted by molar-refractivity contribution is 5.73. The molecule has 1 aliphatic rings. The molecule has 1 aromatic rings. The first-order chi connectivity index (χ1) is 9.60. The molecule has 0 bridgehead atoms. The fourth-order valence-electron chi connectivity index (χ4n) is 2.78. The first-order valence-corrected chi connectivity index (χ1v) is 7.20. The largest absolute Gasteiger partial charge is 0.497 e. The molecule has 0 spiro atoms. The second-order valence-electron chi connectivity index (χ2n) is 5.62. The SMILES string of the molecule is COc1ccc(CCN2CCC(C)CC2C(=O)O)cc1. The van der Waals surface area contributed by atoms with Crippen LogP contribution in [-0.4, -0.2) is 42.2 Å². The number of nitrogens with zero attached hydrogens (tertiary/aromatic N) is 1. The first kappa shape index (κ1) is 14.9. The number of carboxylic acids is 1. The van der Waals surface area contributed by atoms with Crippen molar-refractivity contribution in [2.75, 3.05) is 20.2 Å². The molecule has 110 valence electrons. The Morgan fingerprint density at radius 3 is 2.70 bits per heavy atom. The normalized spacial score (nSPS) is 23.5. The van der Waals surface area contributed by atoms with Crippen molar-refractivity contribution in [3.05, 3.63) is 29.8 Å². The molecule has 0 aromatic heterocycles. The van der Waals surface area contributed by atoms with Crippen LogP contribution >= 0.6 is 0 Å². The second kappa shape index (κ2) is 6.75. The predicted octanol–water partition coefficient (Wildman–Crippen LogP) is 2.42. The number of carbonyl (C=O) groups is 1. The fraction of sp³-hybridized carbons (Fsp3) is 0.562. The van der Waals surface area contributed by atoms with Crippen LogP contribution in [-0.2, 0) is 11.2 Å². The second-order valence-corrected chi connectivity index (χ2v) is 5.62. The topological polar surface area (TPSA) is 49.8 Å². The van der Waals surface area contributed by atoms with Gasteiger partial charge in [0.15, 0.2) is 0 Å². The number of ether oxygens (including phenoxy) is 1. The zero-order valence-electron chi connectivity index (χ0n) is 12.2. The number of rotatable bonds is 5. The molecule has 4 heteroatoms. The molecule has 20 heavy (non-hydrogen) atoms. The molecule has 2 atom stereocenters. The number of methoxy groups -OCH3 is 1. The van der Waals surface area contributed by atoms with Gasteiger partial charge in [-0.3, -0.25) is 9.69 Å². The Hall–Kier alpha value is -1.55. The van der Waals surface area contributed by atoms with Crippen molar-refractivity contribution in [2.24, 2.45) is 5.92 Å². The van der Waals surface area contributed by atoms with E-state index in [1.165, 1.54) is 5.56 Å². The lowest BCUT2D eigenvalue weighted by Crippen LogP contribution is -2.47. The molecule has 1 fully saturated rings. The van der Waals surface area contributed by atoms with E-state index in [1.807, 2.05) is 24.3 Å². The summed E-state index contributed by atoms with van der Waals surface area (Å²) in [6.45, 7) is 3.82. The van der Waals surface area contributed by atoms with Gasteiger partial charge in [-0.15, -0.1) is 0 Å². The van der Waals surface area contributed by atoms with Crippen LogP contribution in [0.3, 0.4) is 0 Å². The van der Waals surface area contributed by atoms with Crippen LogP contribution in [0.5, 0.6) is 5.75 Å². The van der Waals surface area contributed by atoms with Gasteiger partial charge in [0.1, 0.15) is 11.8 Å². The quantitative estimate of drug-likeness (QED) is 0.898. The number of carboxylic acid groups (broad SMARTS) is 1. The number of hydrogen-bond donors (Lipinski definition) is 1. The third kappa shape index (κ3) is 3.73. The van der Waals surface area contributed by atoms with E-state index < -0.39 is 5.97 Å². The number of likely N-dealkylation sites (tertiary alicyclic amines) is 1. The van der Waals surface area contributed by atoms with Gasteiger partial charge < -0.3 is 9.84 Å². The van der Waals surface area contributed by atoms with Crippen LogP contribution in [0.2, 0.25) is 0 Å². The van der Waals surface area contributed by atoms with Crippen LogP contribution in [0.25, 0.3) is 0 Å². The Balaban J connectivity index is 1.92. The highest BCUT2D eigenvalue weighted by atomic mass is 16.5. The lowest BCUT2D eigenvalue weighted by atomic mass is 9.92.